The largest absolute Gasteiger partial charge is 0.497 e. The van der Waals surface area contributed by atoms with Crippen molar-refractivity contribution in [3.8, 4) is 28.7 Å². The Balaban J connectivity index is 1.97. The lowest BCUT2D eigenvalue weighted by molar-refractivity contribution is 0.414. The zero-order valence-corrected chi connectivity index (χ0v) is 11.6. The Hall–Kier alpha value is -2.89. The molecule has 2 aromatic heterocycles. The van der Waals surface area contributed by atoms with Crippen LogP contribution >= 0.6 is 0 Å². The summed E-state index contributed by atoms with van der Waals surface area (Å²) in [5, 5.41) is 3.93. The zero-order chi connectivity index (χ0) is 14.8. The molecule has 0 radical (unpaired) electrons. The summed E-state index contributed by atoms with van der Waals surface area (Å²) in [4.78, 5) is 18.4. The molecular weight excluding hydrogens is 270 g/mol. The molecule has 0 amide bonds. The van der Waals surface area contributed by atoms with Gasteiger partial charge in [0, 0.05) is 11.6 Å². The number of rotatable bonds is 3. The van der Waals surface area contributed by atoms with E-state index >= 15 is 0 Å². The van der Waals surface area contributed by atoms with Crippen LogP contribution in [0.4, 0.5) is 0 Å². The molecule has 2 heterocycles. The summed E-state index contributed by atoms with van der Waals surface area (Å²) >= 11 is 0. The van der Waals surface area contributed by atoms with Crippen LogP contribution in [0.2, 0.25) is 0 Å². The van der Waals surface area contributed by atoms with Crippen LogP contribution in [0, 0.1) is 6.92 Å². The van der Waals surface area contributed by atoms with Crippen molar-refractivity contribution in [2.45, 2.75) is 6.92 Å². The van der Waals surface area contributed by atoms with Gasteiger partial charge in [0.2, 0.25) is 11.4 Å². The average molecular weight is 283 g/mol. The summed E-state index contributed by atoms with van der Waals surface area (Å²) in [5.41, 5.74) is 1.94. The van der Waals surface area contributed by atoms with Crippen molar-refractivity contribution in [1.29, 1.82) is 0 Å². The predicted octanol–water partition coefficient (Wildman–Crippen LogP) is 2.41. The summed E-state index contributed by atoms with van der Waals surface area (Å²) in [5.74, 6) is 1.49. The van der Waals surface area contributed by atoms with E-state index in [1.54, 1.807) is 13.2 Å². The van der Waals surface area contributed by atoms with E-state index < -0.39 is 0 Å². The van der Waals surface area contributed by atoms with Crippen LogP contribution in [0.3, 0.4) is 0 Å². The Bertz CT molecular complexity index is 819. The highest BCUT2D eigenvalue weighted by Gasteiger charge is 2.11. The molecule has 0 aliphatic heterocycles. The van der Waals surface area contributed by atoms with Crippen LogP contribution in [0.5, 0.6) is 5.75 Å². The quantitative estimate of drug-likeness (QED) is 0.798. The zero-order valence-electron chi connectivity index (χ0n) is 11.6. The first-order valence-corrected chi connectivity index (χ1v) is 6.35. The van der Waals surface area contributed by atoms with Crippen molar-refractivity contribution in [3.63, 3.8) is 0 Å². The number of pyridine rings is 1. The Labute approximate surface area is 120 Å². The van der Waals surface area contributed by atoms with Gasteiger partial charge in [-0.3, -0.25) is 4.79 Å². The maximum absolute atomic E-state index is 11.5. The average Bonchev–Trinajstić information content (AvgIpc) is 2.96. The Morgan fingerprint density at radius 3 is 2.62 bits per heavy atom. The third kappa shape index (κ3) is 2.69. The molecule has 0 aliphatic rings. The lowest BCUT2D eigenvalue weighted by Crippen LogP contribution is -2.05. The predicted molar refractivity (Wildman–Crippen MR) is 77.1 cm³/mol. The highest BCUT2D eigenvalue weighted by Crippen LogP contribution is 2.22. The maximum Gasteiger partial charge on any atom is 0.274 e. The molecule has 0 unspecified atom stereocenters. The summed E-state index contributed by atoms with van der Waals surface area (Å²) in [7, 11) is 1.61. The van der Waals surface area contributed by atoms with Crippen LogP contribution in [0.15, 0.2) is 45.7 Å². The molecule has 1 N–H and O–H groups in total. The van der Waals surface area contributed by atoms with E-state index in [0.29, 0.717) is 11.5 Å². The third-order valence-electron chi connectivity index (χ3n) is 2.99. The van der Waals surface area contributed by atoms with Crippen molar-refractivity contribution < 1.29 is 9.26 Å². The minimum atomic E-state index is -0.200. The monoisotopic (exact) mass is 283 g/mol. The third-order valence-corrected chi connectivity index (χ3v) is 2.99. The molecule has 106 valence electrons. The van der Waals surface area contributed by atoms with Crippen LogP contribution in [0.1, 0.15) is 5.56 Å². The Morgan fingerprint density at radius 2 is 1.95 bits per heavy atom. The van der Waals surface area contributed by atoms with E-state index in [-0.39, 0.29) is 11.4 Å². The van der Waals surface area contributed by atoms with Gasteiger partial charge in [-0.1, -0.05) is 5.16 Å². The van der Waals surface area contributed by atoms with Crippen molar-refractivity contribution in [2.24, 2.45) is 0 Å². The number of benzene rings is 1. The molecule has 6 nitrogen and oxygen atoms in total. The molecule has 0 saturated heterocycles. The van der Waals surface area contributed by atoms with Crippen molar-refractivity contribution in [2.75, 3.05) is 7.11 Å². The van der Waals surface area contributed by atoms with Crippen molar-refractivity contribution >= 4 is 0 Å². The van der Waals surface area contributed by atoms with Gasteiger partial charge in [0.1, 0.15) is 11.4 Å². The van der Waals surface area contributed by atoms with Gasteiger partial charge in [-0.25, -0.2) is 0 Å². The van der Waals surface area contributed by atoms with Gasteiger partial charge in [-0.2, -0.15) is 4.98 Å². The van der Waals surface area contributed by atoms with Gasteiger partial charge in [0.05, 0.1) is 7.11 Å². The molecule has 0 saturated carbocycles. The van der Waals surface area contributed by atoms with E-state index in [9.17, 15) is 4.79 Å². The number of nitrogens with zero attached hydrogens (tertiary/aromatic N) is 2. The van der Waals surface area contributed by atoms with Gasteiger partial charge >= 0.3 is 0 Å². The second kappa shape index (κ2) is 5.24. The number of hydrogen-bond donors (Lipinski definition) is 1. The standard InChI is InChI=1S/C15H13N3O3/c1-9-7-12(16-13(19)8-9)15-17-14(18-21-15)10-3-5-11(20-2)6-4-10/h3-8H,1-2H3,(H,16,19). The van der Waals surface area contributed by atoms with Gasteiger partial charge in [-0.05, 0) is 42.8 Å². The lowest BCUT2D eigenvalue weighted by atomic mass is 10.2. The summed E-state index contributed by atoms with van der Waals surface area (Å²) in [6, 6.07) is 10.6. The summed E-state index contributed by atoms with van der Waals surface area (Å²) < 4.78 is 10.3. The molecule has 0 aliphatic carbocycles. The van der Waals surface area contributed by atoms with Crippen molar-refractivity contribution in [3.05, 3.63) is 52.3 Å². The first kappa shape index (κ1) is 13.1. The number of nitrogens with one attached hydrogen (secondary N) is 1. The molecule has 6 heteroatoms. The first-order valence-electron chi connectivity index (χ1n) is 6.35. The van der Waals surface area contributed by atoms with Gasteiger partial charge in [0.25, 0.3) is 5.89 Å². The highest BCUT2D eigenvalue weighted by atomic mass is 16.5. The topological polar surface area (TPSA) is 81.0 Å². The van der Waals surface area contributed by atoms with E-state index in [0.717, 1.165) is 16.9 Å². The minimum absolute atomic E-state index is 0.200. The van der Waals surface area contributed by atoms with E-state index in [1.807, 2.05) is 31.2 Å². The number of H-pyrrole nitrogens is 1. The van der Waals surface area contributed by atoms with Crippen molar-refractivity contribution in [1.82, 2.24) is 15.1 Å². The fraction of sp³-hybridized carbons (Fsp3) is 0.133. The normalized spacial score (nSPS) is 10.6. The Morgan fingerprint density at radius 1 is 1.19 bits per heavy atom. The second-order valence-corrected chi connectivity index (χ2v) is 4.59. The van der Waals surface area contributed by atoms with E-state index in [1.165, 1.54) is 6.07 Å². The molecule has 1 aromatic carbocycles. The van der Waals surface area contributed by atoms with Crippen LogP contribution in [-0.2, 0) is 0 Å². The number of aromatic nitrogens is 3. The Kier molecular flexibility index (Phi) is 3.27. The number of hydrogen-bond acceptors (Lipinski definition) is 5. The van der Waals surface area contributed by atoms with Crippen LogP contribution < -0.4 is 10.3 Å². The number of aromatic amines is 1. The van der Waals surface area contributed by atoms with Gasteiger partial charge in [-0.15, -0.1) is 0 Å². The molecule has 0 atom stereocenters. The molecule has 21 heavy (non-hydrogen) atoms. The van der Waals surface area contributed by atoms with Gasteiger partial charge in [0.15, 0.2) is 0 Å². The number of ether oxygens (including phenoxy) is 1. The molecule has 0 fully saturated rings. The molecule has 0 bridgehead atoms. The maximum atomic E-state index is 11.5. The molecule has 3 rings (SSSR count). The van der Waals surface area contributed by atoms with Gasteiger partial charge < -0.3 is 14.2 Å². The highest BCUT2D eigenvalue weighted by molar-refractivity contribution is 5.58. The van der Waals surface area contributed by atoms with E-state index in [2.05, 4.69) is 15.1 Å². The number of methoxy groups -OCH3 is 1. The molecule has 0 spiro atoms. The van der Waals surface area contributed by atoms with E-state index in [4.69, 9.17) is 9.26 Å². The summed E-state index contributed by atoms with van der Waals surface area (Å²) in [6.07, 6.45) is 0. The first-order chi connectivity index (χ1) is 10.2. The lowest BCUT2D eigenvalue weighted by Gasteiger charge is -1.99. The SMILES string of the molecule is COc1ccc(-c2noc(-c3cc(C)cc(=O)[nH]3)n2)cc1. The fourth-order valence-corrected chi connectivity index (χ4v) is 1.99. The summed E-state index contributed by atoms with van der Waals surface area (Å²) in [6.45, 7) is 1.83. The smallest absolute Gasteiger partial charge is 0.274 e. The minimum Gasteiger partial charge on any atom is -0.497 e. The fourth-order valence-electron chi connectivity index (χ4n) is 1.99. The molecular formula is C15H13N3O3. The van der Waals surface area contributed by atoms with Crippen LogP contribution in [-0.4, -0.2) is 22.2 Å². The van der Waals surface area contributed by atoms with Crippen LogP contribution in [0.25, 0.3) is 23.0 Å². The number of aryl methyl sites for hydroxylation is 1. The second-order valence-electron chi connectivity index (χ2n) is 4.59. The molecule has 3 aromatic rings.